The van der Waals surface area contributed by atoms with Crippen molar-refractivity contribution in [2.24, 2.45) is 5.73 Å². The summed E-state index contributed by atoms with van der Waals surface area (Å²) in [5, 5.41) is 8.68. The minimum absolute atomic E-state index is 0.0169. The number of carboxylic acid groups (broad SMARTS) is 1. The van der Waals surface area contributed by atoms with Crippen LogP contribution in [0, 0.1) is 0 Å². The second-order valence-corrected chi connectivity index (χ2v) is 5.76. The van der Waals surface area contributed by atoms with Crippen molar-refractivity contribution >= 4 is 19.5 Å². The molecule has 0 rings (SSSR count). The number of aliphatic carboxylic acids is 1. The minimum Gasteiger partial charge on any atom is -0.480 e. The smallest absolute Gasteiger partial charge is 0.332 e. The topological polar surface area (TPSA) is 156 Å². The maximum atomic E-state index is 11.0. The maximum absolute atomic E-state index is 11.0. The Labute approximate surface area is 121 Å². The SMILES string of the molecule is CCOC(=O)COCC/C(=C/C(N)C(=O)O)CP(=O)(O)O. The van der Waals surface area contributed by atoms with Crippen LogP contribution in [0.15, 0.2) is 11.6 Å². The Hall–Kier alpha value is -1.25. The number of carbonyl (C=O) groups is 2. The van der Waals surface area contributed by atoms with Crippen molar-refractivity contribution < 1.29 is 38.5 Å². The number of esters is 1. The first-order valence-electron chi connectivity index (χ1n) is 6.11. The average molecular weight is 325 g/mol. The minimum atomic E-state index is -4.35. The van der Waals surface area contributed by atoms with E-state index in [0.717, 1.165) is 6.08 Å². The van der Waals surface area contributed by atoms with Crippen LogP contribution in [-0.2, 0) is 23.6 Å². The quantitative estimate of drug-likeness (QED) is 0.179. The molecule has 1 unspecified atom stereocenters. The van der Waals surface area contributed by atoms with Gasteiger partial charge in [0.05, 0.1) is 19.4 Å². The van der Waals surface area contributed by atoms with E-state index in [1.807, 2.05) is 0 Å². The van der Waals surface area contributed by atoms with E-state index in [-0.39, 0.29) is 31.8 Å². The average Bonchev–Trinajstić information content (AvgIpc) is 2.32. The Kier molecular flexibility index (Phi) is 9.07. The van der Waals surface area contributed by atoms with E-state index in [9.17, 15) is 14.2 Å². The standard InChI is InChI=1S/C11H20NO8P/c1-2-20-10(13)6-19-4-3-8(7-21(16,17)18)5-9(12)11(14)15/h5,9H,2-4,6-7,12H2,1H3,(H,14,15)(H2,16,17,18)/b8-5-. The third-order valence-electron chi connectivity index (χ3n) is 2.20. The second kappa shape index (κ2) is 9.64. The van der Waals surface area contributed by atoms with Crippen LogP contribution in [0.25, 0.3) is 0 Å². The molecule has 0 saturated carbocycles. The van der Waals surface area contributed by atoms with Gasteiger partial charge in [-0.1, -0.05) is 11.6 Å². The molecule has 0 fully saturated rings. The molecule has 0 radical (unpaired) electrons. The van der Waals surface area contributed by atoms with E-state index in [1.54, 1.807) is 6.92 Å². The molecule has 0 aliphatic rings. The van der Waals surface area contributed by atoms with Gasteiger partial charge in [0.25, 0.3) is 0 Å². The third kappa shape index (κ3) is 11.1. The highest BCUT2D eigenvalue weighted by atomic mass is 31.2. The summed E-state index contributed by atoms with van der Waals surface area (Å²) in [4.78, 5) is 39.5. The van der Waals surface area contributed by atoms with Crippen LogP contribution in [0.3, 0.4) is 0 Å². The summed E-state index contributed by atoms with van der Waals surface area (Å²) in [5.41, 5.74) is 5.44. The highest BCUT2D eigenvalue weighted by Crippen LogP contribution is 2.37. The van der Waals surface area contributed by atoms with Gasteiger partial charge in [0.15, 0.2) is 0 Å². The van der Waals surface area contributed by atoms with Gasteiger partial charge in [0.1, 0.15) is 12.6 Å². The molecule has 10 heteroatoms. The van der Waals surface area contributed by atoms with Crippen LogP contribution in [0.2, 0.25) is 0 Å². The fraction of sp³-hybridized carbons (Fsp3) is 0.636. The summed E-state index contributed by atoms with van der Waals surface area (Å²) in [6.07, 6.45) is 0.497. The molecule has 0 aliphatic carbocycles. The van der Waals surface area contributed by atoms with Crippen LogP contribution < -0.4 is 5.73 Å². The Morgan fingerprint density at radius 3 is 2.48 bits per heavy atom. The summed E-state index contributed by atoms with van der Waals surface area (Å²) < 4.78 is 20.6. The first-order valence-corrected chi connectivity index (χ1v) is 7.91. The van der Waals surface area contributed by atoms with Crippen LogP contribution in [0.1, 0.15) is 13.3 Å². The van der Waals surface area contributed by atoms with Crippen molar-refractivity contribution in [3.8, 4) is 0 Å². The molecule has 5 N–H and O–H groups in total. The fourth-order valence-electron chi connectivity index (χ4n) is 1.37. The second-order valence-electron chi connectivity index (χ2n) is 4.12. The molecule has 9 nitrogen and oxygen atoms in total. The van der Waals surface area contributed by atoms with Gasteiger partial charge in [-0.05, 0) is 13.3 Å². The lowest BCUT2D eigenvalue weighted by atomic mass is 10.1. The molecule has 0 aromatic rings. The number of carbonyl (C=O) groups excluding carboxylic acids is 1. The molecule has 21 heavy (non-hydrogen) atoms. The molecule has 122 valence electrons. The zero-order chi connectivity index (χ0) is 16.5. The van der Waals surface area contributed by atoms with Gasteiger partial charge >= 0.3 is 19.5 Å². The summed E-state index contributed by atoms with van der Waals surface area (Å²) in [7, 11) is -4.35. The maximum Gasteiger partial charge on any atom is 0.332 e. The predicted molar refractivity (Wildman–Crippen MR) is 72.7 cm³/mol. The lowest BCUT2D eigenvalue weighted by Gasteiger charge is -2.11. The summed E-state index contributed by atoms with van der Waals surface area (Å²) in [6, 6.07) is -1.36. The molecule has 0 bridgehead atoms. The van der Waals surface area contributed by atoms with Gasteiger partial charge in [0, 0.05) is 0 Å². The first-order chi connectivity index (χ1) is 9.65. The number of ether oxygens (including phenoxy) is 2. The van der Waals surface area contributed by atoms with E-state index in [1.165, 1.54) is 0 Å². The Bertz CT molecular complexity index is 430. The van der Waals surface area contributed by atoms with E-state index < -0.39 is 31.7 Å². The van der Waals surface area contributed by atoms with Crippen LogP contribution in [0.4, 0.5) is 0 Å². The van der Waals surface area contributed by atoms with Gasteiger partial charge in [0.2, 0.25) is 0 Å². The van der Waals surface area contributed by atoms with Crippen molar-refractivity contribution in [1.29, 1.82) is 0 Å². The van der Waals surface area contributed by atoms with Crippen LogP contribution >= 0.6 is 7.60 Å². The summed E-state index contributed by atoms with van der Waals surface area (Å²) >= 11 is 0. The largest absolute Gasteiger partial charge is 0.480 e. The number of rotatable bonds is 10. The third-order valence-corrected chi connectivity index (χ3v) is 3.02. The number of carboxylic acids is 1. The van der Waals surface area contributed by atoms with Crippen molar-refractivity contribution in [2.45, 2.75) is 19.4 Å². The molecular formula is C11H20NO8P. The van der Waals surface area contributed by atoms with E-state index >= 15 is 0 Å². The number of nitrogens with two attached hydrogens (primary N) is 1. The van der Waals surface area contributed by atoms with Crippen LogP contribution in [0.5, 0.6) is 0 Å². The van der Waals surface area contributed by atoms with Crippen molar-refractivity contribution in [3.05, 3.63) is 11.6 Å². The lowest BCUT2D eigenvalue weighted by molar-refractivity contribution is -0.148. The monoisotopic (exact) mass is 325 g/mol. The molecule has 0 aromatic heterocycles. The fourth-order valence-corrected chi connectivity index (χ4v) is 2.16. The highest BCUT2D eigenvalue weighted by Gasteiger charge is 2.18. The van der Waals surface area contributed by atoms with Crippen molar-refractivity contribution in [3.63, 3.8) is 0 Å². The molecule has 0 spiro atoms. The summed E-state index contributed by atoms with van der Waals surface area (Å²) in [5.74, 6) is -1.87. The Morgan fingerprint density at radius 2 is 2.00 bits per heavy atom. The molecular weight excluding hydrogens is 305 g/mol. The predicted octanol–water partition coefficient (Wildman–Crippen LogP) is -0.528. The molecule has 1 atom stereocenters. The Balaban J connectivity index is 4.46. The number of hydrogen-bond acceptors (Lipinski definition) is 6. The van der Waals surface area contributed by atoms with E-state index in [4.69, 9.17) is 25.4 Å². The van der Waals surface area contributed by atoms with Crippen molar-refractivity contribution in [1.82, 2.24) is 0 Å². The first kappa shape index (κ1) is 19.8. The zero-order valence-electron chi connectivity index (χ0n) is 11.6. The molecule has 0 saturated heterocycles. The van der Waals surface area contributed by atoms with E-state index in [0.29, 0.717) is 0 Å². The van der Waals surface area contributed by atoms with Gasteiger partial charge in [-0.25, -0.2) is 4.79 Å². The molecule has 0 aliphatic heterocycles. The summed E-state index contributed by atoms with van der Waals surface area (Å²) in [6.45, 7) is 1.56. The lowest BCUT2D eigenvalue weighted by Crippen LogP contribution is -2.28. The number of hydrogen-bond donors (Lipinski definition) is 4. The van der Waals surface area contributed by atoms with Gasteiger partial charge < -0.3 is 30.1 Å². The van der Waals surface area contributed by atoms with Gasteiger partial charge in [-0.2, -0.15) is 0 Å². The highest BCUT2D eigenvalue weighted by molar-refractivity contribution is 7.52. The molecule has 0 aromatic carbocycles. The van der Waals surface area contributed by atoms with Crippen LogP contribution in [-0.4, -0.2) is 58.9 Å². The van der Waals surface area contributed by atoms with Gasteiger partial charge in [-0.15, -0.1) is 0 Å². The van der Waals surface area contributed by atoms with Gasteiger partial charge in [-0.3, -0.25) is 9.36 Å². The Morgan fingerprint density at radius 1 is 1.38 bits per heavy atom. The van der Waals surface area contributed by atoms with Crippen molar-refractivity contribution in [2.75, 3.05) is 26.0 Å². The van der Waals surface area contributed by atoms with E-state index in [2.05, 4.69) is 4.74 Å². The molecule has 0 amide bonds. The molecule has 0 heterocycles. The normalized spacial score (nSPS) is 13.8. The zero-order valence-corrected chi connectivity index (χ0v) is 12.5.